The molecule has 0 N–H and O–H groups in total. The molecule has 0 aromatic carbocycles. The zero-order chi connectivity index (χ0) is 21.0. The molecule has 1 amide bonds. The van der Waals surface area contributed by atoms with Crippen molar-refractivity contribution in [3.8, 4) is 10.6 Å². The van der Waals surface area contributed by atoms with Crippen LogP contribution in [0.1, 0.15) is 50.0 Å². The van der Waals surface area contributed by atoms with Crippen LogP contribution >= 0.6 is 11.3 Å². The third-order valence-electron chi connectivity index (χ3n) is 6.06. The maximum absolute atomic E-state index is 13.8. The number of carbonyl (C=O) groups excluding carboxylic acids is 1. The molecule has 158 valence electrons. The van der Waals surface area contributed by atoms with Gasteiger partial charge in [-0.1, -0.05) is 13.0 Å². The number of hydrogen-bond donors (Lipinski definition) is 0. The van der Waals surface area contributed by atoms with Gasteiger partial charge in [0, 0.05) is 18.5 Å². The van der Waals surface area contributed by atoms with Crippen LogP contribution in [-0.4, -0.2) is 31.9 Å². The van der Waals surface area contributed by atoms with Crippen molar-refractivity contribution in [1.82, 2.24) is 19.5 Å². The molecule has 2 aliphatic rings. The molecule has 9 heteroatoms. The van der Waals surface area contributed by atoms with Crippen LogP contribution in [0, 0.1) is 11.8 Å². The van der Waals surface area contributed by atoms with E-state index in [1.54, 1.807) is 23.6 Å². The minimum absolute atomic E-state index is 0.0388. The van der Waals surface area contributed by atoms with Gasteiger partial charge in [0.25, 0.3) is 0 Å². The van der Waals surface area contributed by atoms with Gasteiger partial charge in [-0.25, -0.2) is 9.50 Å². The van der Waals surface area contributed by atoms with E-state index in [4.69, 9.17) is 0 Å². The second-order valence-corrected chi connectivity index (χ2v) is 9.15. The molecule has 3 atom stereocenters. The lowest BCUT2D eigenvalue weighted by atomic mass is 9.98. The molecule has 5 nitrogen and oxygen atoms in total. The fraction of sp³-hybridized carbons (Fsp3) is 0.476. The number of alkyl halides is 3. The number of rotatable bonds is 3. The van der Waals surface area contributed by atoms with Gasteiger partial charge in [-0.2, -0.15) is 18.3 Å². The van der Waals surface area contributed by atoms with Crippen molar-refractivity contribution < 1.29 is 18.0 Å². The van der Waals surface area contributed by atoms with Crippen LogP contribution in [0.5, 0.6) is 0 Å². The van der Waals surface area contributed by atoms with E-state index in [9.17, 15) is 18.0 Å². The number of likely N-dealkylation sites (tertiary alicyclic amines) is 1. The molecule has 1 aliphatic heterocycles. The lowest BCUT2D eigenvalue weighted by molar-refractivity contribution is -0.143. The SMILES string of the molecule is C[C@@H]1C[C@H]1C(=O)N1CCCC[C@H]1c1cc2nc(-c3cccs3)cc(C(F)(F)F)n2n1. The largest absolute Gasteiger partial charge is 0.433 e. The predicted octanol–water partition coefficient (Wildman–Crippen LogP) is 5.19. The van der Waals surface area contributed by atoms with Crippen molar-refractivity contribution in [2.24, 2.45) is 11.8 Å². The first kappa shape index (κ1) is 19.5. The zero-order valence-corrected chi connectivity index (χ0v) is 17.2. The first-order chi connectivity index (χ1) is 14.3. The first-order valence-corrected chi connectivity index (χ1v) is 11.0. The highest BCUT2D eigenvalue weighted by molar-refractivity contribution is 7.13. The minimum Gasteiger partial charge on any atom is -0.334 e. The summed E-state index contributed by atoms with van der Waals surface area (Å²) in [6.45, 7) is 2.68. The fourth-order valence-corrected chi connectivity index (χ4v) is 4.98. The summed E-state index contributed by atoms with van der Waals surface area (Å²) in [6, 6.07) is 5.89. The van der Waals surface area contributed by atoms with Gasteiger partial charge < -0.3 is 4.90 Å². The molecule has 1 aliphatic carbocycles. The number of halogens is 3. The molecule has 0 radical (unpaired) electrons. The van der Waals surface area contributed by atoms with Gasteiger partial charge in [-0.05, 0) is 49.1 Å². The van der Waals surface area contributed by atoms with Gasteiger partial charge >= 0.3 is 6.18 Å². The maximum Gasteiger partial charge on any atom is 0.433 e. The number of piperidine rings is 1. The van der Waals surface area contributed by atoms with Crippen molar-refractivity contribution >= 4 is 22.9 Å². The second-order valence-electron chi connectivity index (χ2n) is 8.20. The van der Waals surface area contributed by atoms with Crippen LogP contribution in [-0.2, 0) is 11.0 Å². The number of carbonyl (C=O) groups is 1. The Balaban J connectivity index is 1.59. The summed E-state index contributed by atoms with van der Waals surface area (Å²) >= 11 is 1.34. The van der Waals surface area contributed by atoms with Crippen LogP contribution in [0.4, 0.5) is 13.2 Å². The Hall–Kier alpha value is -2.42. The van der Waals surface area contributed by atoms with E-state index < -0.39 is 11.9 Å². The van der Waals surface area contributed by atoms with Gasteiger partial charge in [0.05, 0.1) is 22.3 Å². The van der Waals surface area contributed by atoms with Crippen molar-refractivity contribution in [1.29, 1.82) is 0 Å². The van der Waals surface area contributed by atoms with Crippen LogP contribution in [0.15, 0.2) is 29.6 Å². The van der Waals surface area contributed by atoms with Crippen LogP contribution in [0.2, 0.25) is 0 Å². The summed E-state index contributed by atoms with van der Waals surface area (Å²) in [7, 11) is 0. The lowest BCUT2D eigenvalue weighted by Crippen LogP contribution is -2.39. The van der Waals surface area contributed by atoms with Crippen molar-refractivity contribution in [2.45, 2.75) is 44.8 Å². The van der Waals surface area contributed by atoms with Gasteiger partial charge in [-0.15, -0.1) is 11.3 Å². The molecule has 2 fully saturated rings. The molecule has 1 saturated carbocycles. The Kier molecular flexibility index (Phi) is 4.61. The second kappa shape index (κ2) is 7.08. The Morgan fingerprint density at radius 3 is 2.73 bits per heavy atom. The molecule has 30 heavy (non-hydrogen) atoms. The average Bonchev–Trinajstić information content (AvgIpc) is 3.13. The molecule has 0 bridgehead atoms. The van der Waals surface area contributed by atoms with E-state index in [0.717, 1.165) is 29.8 Å². The summed E-state index contributed by atoms with van der Waals surface area (Å²) in [4.78, 5) is 19.8. The molecule has 3 aromatic rings. The van der Waals surface area contributed by atoms with E-state index in [0.29, 0.717) is 29.5 Å². The van der Waals surface area contributed by atoms with Gasteiger partial charge in [0.15, 0.2) is 11.3 Å². The van der Waals surface area contributed by atoms with E-state index in [2.05, 4.69) is 17.0 Å². The smallest absolute Gasteiger partial charge is 0.334 e. The predicted molar refractivity (Wildman–Crippen MR) is 107 cm³/mol. The van der Waals surface area contributed by atoms with Crippen molar-refractivity contribution in [2.75, 3.05) is 6.54 Å². The lowest BCUT2D eigenvalue weighted by Gasteiger charge is -2.35. The van der Waals surface area contributed by atoms with E-state index in [-0.39, 0.29) is 29.2 Å². The number of hydrogen-bond acceptors (Lipinski definition) is 4. The monoisotopic (exact) mass is 434 g/mol. The fourth-order valence-electron chi connectivity index (χ4n) is 4.29. The molecule has 0 unspecified atom stereocenters. The van der Waals surface area contributed by atoms with Crippen molar-refractivity contribution in [3.63, 3.8) is 0 Å². The molecule has 3 aromatic heterocycles. The average molecular weight is 434 g/mol. The Morgan fingerprint density at radius 2 is 2.07 bits per heavy atom. The highest BCUT2D eigenvalue weighted by Crippen LogP contribution is 2.43. The number of amides is 1. The van der Waals surface area contributed by atoms with Gasteiger partial charge in [0.1, 0.15) is 0 Å². The number of thiophene rings is 1. The van der Waals surface area contributed by atoms with Crippen LogP contribution < -0.4 is 0 Å². The molecule has 5 rings (SSSR count). The summed E-state index contributed by atoms with van der Waals surface area (Å²) in [5.41, 5.74) is 0.0602. The normalized spacial score (nSPS) is 24.4. The van der Waals surface area contributed by atoms with Gasteiger partial charge in [-0.3, -0.25) is 4.79 Å². The van der Waals surface area contributed by atoms with E-state index in [1.165, 1.54) is 11.3 Å². The quantitative estimate of drug-likeness (QED) is 0.570. The molecule has 0 spiro atoms. The molecule has 1 saturated heterocycles. The molecule has 4 heterocycles. The highest BCUT2D eigenvalue weighted by atomic mass is 32.1. The zero-order valence-electron chi connectivity index (χ0n) is 16.4. The maximum atomic E-state index is 13.8. The van der Waals surface area contributed by atoms with E-state index >= 15 is 0 Å². The first-order valence-electron chi connectivity index (χ1n) is 10.1. The topological polar surface area (TPSA) is 50.5 Å². The number of fused-ring (bicyclic) bond motifs is 1. The highest BCUT2D eigenvalue weighted by Gasteiger charge is 2.44. The standard InChI is InChI=1S/C21H21F3N4OS/c1-12-9-13(12)20(29)27-7-3-2-5-16(27)14-11-19-25-15(17-6-4-8-30-17)10-18(21(22,23)24)28(19)26-14/h4,6,8,10-13,16H,2-3,5,7,9H2,1H3/t12-,13-,16+/m1/s1. The summed E-state index contributed by atoms with van der Waals surface area (Å²) < 4.78 is 42.3. The van der Waals surface area contributed by atoms with Gasteiger partial charge in [0.2, 0.25) is 5.91 Å². The summed E-state index contributed by atoms with van der Waals surface area (Å²) in [5.74, 6) is 0.525. The Morgan fingerprint density at radius 1 is 1.27 bits per heavy atom. The molecular formula is C21H21F3N4OS. The minimum atomic E-state index is -4.57. The number of nitrogens with zero attached hydrogens (tertiary/aromatic N) is 4. The summed E-state index contributed by atoms with van der Waals surface area (Å²) in [5, 5.41) is 6.11. The third-order valence-corrected chi connectivity index (χ3v) is 6.96. The van der Waals surface area contributed by atoms with Crippen LogP contribution in [0.25, 0.3) is 16.2 Å². The number of aromatic nitrogens is 3. The Labute approximate surface area is 175 Å². The molecular weight excluding hydrogens is 413 g/mol. The Bertz CT molecular complexity index is 1090. The summed E-state index contributed by atoms with van der Waals surface area (Å²) in [6.07, 6.45) is -1.15. The third kappa shape index (κ3) is 3.38. The van der Waals surface area contributed by atoms with Crippen molar-refractivity contribution in [3.05, 3.63) is 41.0 Å². The van der Waals surface area contributed by atoms with Crippen LogP contribution in [0.3, 0.4) is 0 Å². The van der Waals surface area contributed by atoms with E-state index in [1.807, 2.05) is 4.90 Å².